The molecule has 0 aromatic heterocycles. The highest BCUT2D eigenvalue weighted by molar-refractivity contribution is 14.1. The molecule has 0 radical (unpaired) electrons. The van der Waals surface area contributed by atoms with E-state index in [1.807, 2.05) is 12.1 Å². The third kappa shape index (κ3) is 6.03. The van der Waals surface area contributed by atoms with Gasteiger partial charge in [0.15, 0.2) is 19.0 Å². The van der Waals surface area contributed by atoms with Crippen molar-refractivity contribution < 1.29 is 24.0 Å². The number of ether oxygens (including phenoxy) is 2. The average Bonchev–Trinajstić information content (AvgIpc) is 2.60. The molecule has 2 aromatic rings. The number of carbonyl (C=O) groups is 2. The van der Waals surface area contributed by atoms with Gasteiger partial charge in [0.05, 0.1) is 4.92 Å². The Morgan fingerprint density at radius 1 is 1.08 bits per heavy atom. The summed E-state index contributed by atoms with van der Waals surface area (Å²) in [5.41, 5.74) is 0.323. The predicted molar refractivity (Wildman–Crippen MR) is 97.3 cm³/mol. The number of anilines is 1. The van der Waals surface area contributed by atoms with Crippen LogP contribution in [0.4, 0.5) is 11.4 Å². The fraction of sp³-hybridized carbons (Fsp3) is 0.125. The molecular weight excluding hydrogens is 443 g/mol. The highest BCUT2D eigenvalue weighted by Crippen LogP contribution is 2.25. The molecule has 1 amide bonds. The Hall–Kier alpha value is -2.69. The van der Waals surface area contributed by atoms with E-state index in [2.05, 4.69) is 27.9 Å². The van der Waals surface area contributed by atoms with Gasteiger partial charge < -0.3 is 14.8 Å². The molecule has 0 aliphatic carbocycles. The zero-order valence-corrected chi connectivity index (χ0v) is 15.0. The Labute approximate surface area is 156 Å². The number of nitro benzene ring substituents is 1. The number of hydrogen-bond acceptors (Lipinski definition) is 6. The van der Waals surface area contributed by atoms with E-state index in [0.29, 0.717) is 5.69 Å². The number of nitrogens with one attached hydrogen (secondary N) is 1. The Morgan fingerprint density at radius 2 is 1.76 bits per heavy atom. The molecule has 130 valence electrons. The lowest BCUT2D eigenvalue weighted by atomic mass is 10.3. The minimum absolute atomic E-state index is 0.0483. The number of esters is 1. The molecule has 0 bridgehead atoms. The van der Waals surface area contributed by atoms with Crippen LogP contribution < -0.4 is 10.1 Å². The van der Waals surface area contributed by atoms with Crippen LogP contribution >= 0.6 is 22.6 Å². The SMILES string of the molecule is O=C(COC(=O)COc1ccccc1[N+](=O)[O-])Nc1ccc(I)cc1. The zero-order valence-electron chi connectivity index (χ0n) is 12.8. The summed E-state index contributed by atoms with van der Waals surface area (Å²) in [6, 6.07) is 12.7. The van der Waals surface area contributed by atoms with Crippen molar-refractivity contribution in [1.29, 1.82) is 0 Å². The maximum atomic E-state index is 11.7. The van der Waals surface area contributed by atoms with E-state index in [4.69, 9.17) is 9.47 Å². The van der Waals surface area contributed by atoms with Crippen LogP contribution in [0.5, 0.6) is 5.75 Å². The van der Waals surface area contributed by atoms with Crippen molar-refractivity contribution in [1.82, 2.24) is 0 Å². The van der Waals surface area contributed by atoms with Crippen LogP contribution in [0.2, 0.25) is 0 Å². The van der Waals surface area contributed by atoms with Crippen LogP contribution in [0.15, 0.2) is 48.5 Å². The first kappa shape index (κ1) is 18.6. The van der Waals surface area contributed by atoms with Crippen LogP contribution in [0.1, 0.15) is 0 Å². The van der Waals surface area contributed by atoms with Crippen molar-refractivity contribution >= 4 is 45.8 Å². The largest absolute Gasteiger partial charge is 0.475 e. The van der Waals surface area contributed by atoms with Crippen molar-refractivity contribution in [3.8, 4) is 5.75 Å². The number of amides is 1. The number of nitro groups is 1. The van der Waals surface area contributed by atoms with Gasteiger partial charge in [-0.05, 0) is 52.9 Å². The van der Waals surface area contributed by atoms with Gasteiger partial charge in [-0.1, -0.05) is 12.1 Å². The molecule has 0 saturated carbocycles. The van der Waals surface area contributed by atoms with Crippen LogP contribution in [0.25, 0.3) is 0 Å². The Kier molecular flexibility index (Phi) is 6.69. The molecule has 0 aliphatic rings. The van der Waals surface area contributed by atoms with Crippen molar-refractivity contribution in [3.05, 3.63) is 62.2 Å². The molecule has 25 heavy (non-hydrogen) atoms. The molecule has 0 heterocycles. The summed E-state index contributed by atoms with van der Waals surface area (Å²) in [6.07, 6.45) is 0. The van der Waals surface area contributed by atoms with E-state index in [1.54, 1.807) is 18.2 Å². The van der Waals surface area contributed by atoms with E-state index in [-0.39, 0.29) is 11.4 Å². The van der Waals surface area contributed by atoms with Gasteiger partial charge in [0, 0.05) is 15.3 Å². The van der Waals surface area contributed by atoms with Crippen molar-refractivity contribution in [3.63, 3.8) is 0 Å². The molecule has 0 spiro atoms. The lowest BCUT2D eigenvalue weighted by molar-refractivity contribution is -0.385. The van der Waals surface area contributed by atoms with Crippen LogP contribution in [0.3, 0.4) is 0 Å². The van der Waals surface area contributed by atoms with E-state index < -0.39 is 30.0 Å². The smallest absolute Gasteiger partial charge is 0.344 e. The number of carbonyl (C=O) groups excluding carboxylic acids is 2. The number of benzene rings is 2. The highest BCUT2D eigenvalue weighted by atomic mass is 127. The first-order valence-electron chi connectivity index (χ1n) is 7.03. The first-order valence-corrected chi connectivity index (χ1v) is 8.11. The van der Waals surface area contributed by atoms with Gasteiger partial charge >= 0.3 is 11.7 Å². The molecule has 0 unspecified atom stereocenters. The van der Waals surface area contributed by atoms with Gasteiger partial charge in [-0.2, -0.15) is 0 Å². The Balaban J connectivity index is 1.78. The molecular formula is C16H13IN2O6. The van der Waals surface area contributed by atoms with E-state index in [9.17, 15) is 19.7 Å². The number of rotatable bonds is 7. The highest BCUT2D eigenvalue weighted by Gasteiger charge is 2.16. The maximum absolute atomic E-state index is 11.7. The summed E-state index contributed by atoms with van der Waals surface area (Å²) < 4.78 is 10.9. The quantitative estimate of drug-likeness (QED) is 0.297. The molecule has 2 rings (SSSR count). The summed E-state index contributed by atoms with van der Waals surface area (Å²) in [5.74, 6) is -1.36. The molecule has 9 heteroatoms. The van der Waals surface area contributed by atoms with E-state index in [1.165, 1.54) is 18.2 Å². The van der Waals surface area contributed by atoms with E-state index in [0.717, 1.165) is 3.57 Å². The maximum Gasteiger partial charge on any atom is 0.344 e. The minimum atomic E-state index is -0.809. The predicted octanol–water partition coefficient (Wildman–Crippen LogP) is 2.76. The summed E-state index contributed by atoms with van der Waals surface area (Å²) >= 11 is 2.14. The second kappa shape index (κ2) is 8.97. The Morgan fingerprint density at radius 3 is 2.44 bits per heavy atom. The zero-order chi connectivity index (χ0) is 18.2. The van der Waals surface area contributed by atoms with Gasteiger partial charge in [0.1, 0.15) is 0 Å². The number of halogens is 1. The van der Waals surface area contributed by atoms with Crippen molar-refractivity contribution in [2.75, 3.05) is 18.5 Å². The fourth-order valence-electron chi connectivity index (χ4n) is 1.78. The second-order valence-electron chi connectivity index (χ2n) is 4.73. The van der Waals surface area contributed by atoms with E-state index >= 15 is 0 Å². The van der Waals surface area contributed by atoms with Crippen LogP contribution in [-0.2, 0) is 14.3 Å². The lowest BCUT2D eigenvalue weighted by Gasteiger charge is -2.08. The molecule has 1 N–H and O–H groups in total. The topological polar surface area (TPSA) is 108 Å². The lowest BCUT2D eigenvalue weighted by Crippen LogP contribution is -2.23. The van der Waals surface area contributed by atoms with Gasteiger partial charge in [-0.25, -0.2) is 4.79 Å². The summed E-state index contributed by atoms with van der Waals surface area (Å²) in [7, 11) is 0. The standard InChI is InChI=1S/C16H13IN2O6/c17-11-5-7-12(8-6-11)18-15(20)9-25-16(21)10-24-14-4-2-1-3-13(14)19(22)23/h1-8H,9-10H2,(H,18,20). The number of nitrogens with zero attached hydrogens (tertiary/aromatic N) is 1. The van der Waals surface area contributed by atoms with Crippen molar-refractivity contribution in [2.24, 2.45) is 0 Å². The molecule has 2 aromatic carbocycles. The van der Waals surface area contributed by atoms with Gasteiger partial charge in [-0.15, -0.1) is 0 Å². The summed E-state index contributed by atoms with van der Waals surface area (Å²) in [4.78, 5) is 33.5. The molecule has 0 atom stereocenters. The minimum Gasteiger partial charge on any atom is -0.475 e. The van der Waals surface area contributed by atoms with Gasteiger partial charge in [0.2, 0.25) is 0 Å². The summed E-state index contributed by atoms with van der Waals surface area (Å²) in [5, 5.41) is 13.4. The normalized spacial score (nSPS) is 9.96. The average molecular weight is 456 g/mol. The first-order chi connectivity index (χ1) is 12.0. The van der Waals surface area contributed by atoms with Crippen molar-refractivity contribution in [2.45, 2.75) is 0 Å². The van der Waals surface area contributed by atoms with Crippen LogP contribution in [-0.4, -0.2) is 30.0 Å². The third-order valence-corrected chi connectivity index (χ3v) is 3.62. The molecule has 0 saturated heterocycles. The monoisotopic (exact) mass is 456 g/mol. The number of hydrogen-bond donors (Lipinski definition) is 1. The molecule has 0 fully saturated rings. The third-order valence-electron chi connectivity index (χ3n) is 2.90. The van der Waals surface area contributed by atoms with Crippen LogP contribution in [0, 0.1) is 13.7 Å². The second-order valence-corrected chi connectivity index (χ2v) is 5.97. The number of para-hydroxylation sites is 2. The van der Waals surface area contributed by atoms with Gasteiger partial charge in [-0.3, -0.25) is 14.9 Å². The molecule has 8 nitrogen and oxygen atoms in total. The molecule has 0 aliphatic heterocycles. The summed E-state index contributed by atoms with van der Waals surface area (Å²) in [6.45, 7) is -1.02. The Bertz CT molecular complexity index is 778. The van der Waals surface area contributed by atoms with Gasteiger partial charge in [0.25, 0.3) is 5.91 Å². The fourth-order valence-corrected chi connectivity index (χ4v) is 2.14.